The highest BCUT2D eigenvalue weighted by Crippen LogP contribution is 2.25. The SMILES string of the molecule is O[C@@H]1CCCC[C@H]1Oc1cnc2ccccc2c1. The molecule has 94 valence electrons. The Bertz CT molecular complexity index is 541. The van der Waals surface area contributed by atoms with Crippen molar-refractivity contribution in [2.75, 3.05) is 0 Å². The van der Waals surface area contributed by atoms with Crippen LogP contribution in [0, 0.1) is 0 Å². The molecule has 0 spiro atoms. The third kappa shape index (κ3) is 2.31. The molecular weight excluding hydrogens is 226 g/mol. The Morgan fingerprint density at radius 3 is 2.89 bits per heavy atom. The van der Waals surface area contributed by atoms with Crippen molar-refractivity contribution in [2.24, 2.45) is 0 Å². The van der Waals surface area contributed by atoms with Gasteiger partial charge >= 0.3 is 0 Å². The fourth-order valence-corrected chi connectivity index (χ4v) is 2.50. The van der Waals surface area contributed by atoms with Gasteiger partial charge in [0, 0.05) is 5.39 Å². The molecule has 1 N–H and O–H groups in total. The number of para-hydroxylation sites is 1. The number of fused-ring (bicyclic) bond motifs is 1. The van der Waals surface area contributed by atoms with Crippen LogP contribution in [-0.4, -0.2) is 22.3 Å². The normalized spacial score (nSPS) is 24.1. The zero-order valence-corrected chi connectivity index (χ0v) is 10.2. The average molecular weight is 243 g/mol. The molecule has 0 aliphatic heterocycles. The van der Waals surface area contributed by atoms with Crippen molar-refractivity contribution in [1.29, 1.82) is 0 Å². The third-order valence-electron chi connectivity index (χ3n) is 3.52. The van der Waals surface area contributed by atoms with Gasteiger partial charge in [-0.05, 0) is 31.4 Å². The molecule has 0 saturated heterocycles. The number of hydrogen-bond acceptors (Lipinski definition) is 3. The molecular formula is C15H17NO2. The molecule has 3 heteroatoms. The summed E-state index contributed by atoms with van der Waals surface area (Å²) < 4.78 is 5.86. The summed E-state index contributed by atoms with van der Waals surface area (Å²) in [4.78, 5) is 4.37. The van der Waals surface area contributed by atoms with E-state index in [-0.39, 0.29) is 12.2 Å². The molecule has 3 rings (SSSR count). The van der Waals surface area contributed by atoms with E-state index >= 15 is 0 Å². The summed E-state index contributed by atoms with van der Waals surface area (Å²) in [5.74, 6) is 0.750. The van der Waals surface area contributed by atoms with Crippen LogP contribution in [0.15, 0.2) is 36.5 Å². The maximum absolute atomic E-state index is 9.90. The molecule has 1 fully saturated rings. The van der Waals surface area contributed by atoms with Crippen LogP contribution in [0.4, 0.5) is 0 Å². The van der Waals surface area contributed by atoms with E-state index in [9.17, 15) is 5.11 Å². The van der Waals surface area contributed by atoms with Crippen LogP contribution >= 0.6 is 0 Å². The molecule has 1 heterocycles. The van der Waals surface area contributed by atoms with Gasteiger partial charge in [-0.1, -0.05) is 24.6 Å². The number of rotatable bonds is 2. The van der Waals surface area contributed by atoms with Crippen molar-refractivity contribution in [3.63, 3.8) is 0 Å². The summed E-state index contributed by atoms with van der Waals surface area (Å²) in [5.41, 5.74) is 0.967. The Hall–Kier alpha value is -1.61. The van der Waals surface area contributed by atoms with Gasteiger partial charge in [0.2, 0.25) is 0 Å². The smallest absolute Gasteiger partial charge is 0.138 e. The van der Waals surface area contributed by atoms with E-state index in [0.29, 0.717) is 0 Å². The van der Waals surface area contributed by atoms with Crippen molar-refractivity contribution in [2.45, 2.75) is 37.9 Å². The molecule has 1 saturated carbocycles. The first-order valence-corrected chi connectivity index (χ1v) is 6.52. The Labute approximate surface area is 106 Å². The second kappa shape index (κ2) is 4.94. The molecule has 18 heavy (non-hydrogen) atoms. The number of aromatic nitrogens is 1. The lowest BCUT2D eigenvalue weighted by Crippen LogP contribution is -2.34. The van der Waals surface area contributed by atoms with Crippen LogP contribution < -0.4 is 4.74 Å². The Balaban J connectivity index is 1.81. The molecule has 2 atom stereocenters. The van der Waals surface area contributed by atoms with Crippen LogP contribution in [0.25, 0.3) is 10.9 Å². The van der Waals surface area contributed by atoms with E-state index in [1.807, 2.05) is 30.3 Å². The summed E-state index contributed by atoms with van der Waals surface area (Å²) in [6, 6.07) is 9.95. The first-order chi connectivity index (χ1) is 8.83. The molecule has 2 aromatic rings. The number of hydrogen-bond donors (Lipinski definition) is 1. The summed E-state index contributed by atoms with van der Waals surface area (Å²) in [5, 5.41) is 11.0. The second-order valence-corrected chi connectivity index (χ2v) is 4.87. The quantitative estimate of drug-likeness (QED) is 0.881. The van der Waals surface area contributed by atoms with E-state index in [4.69, 9.17) is 4.74 Å². The zero-order chi connectivity index (χ0) is 12.4. The van der Waals surface area contributed by atoms with Crippen LogP contribution in [0.3, 0.4) is 0 Å². The second-order valence-electron chi connectivity index (χ2n) is 4.87. The lowest BCUT2D eigenvalue weighted by atomic mass is 9.95. The van der Waals surface area contributed by atoms with Crippen LogP contribution in [-0.2, 0) is 0 Å². The average Bonchev–Trinajstić information content (AvgIpc) is 2.41. The summed E-state index contributed by atoms with van der Waals surface area (Å²) in [6.07, 6.45) is 5.30. The van der Waals surface area contributed by atoms with Crippen molar-refractivity contribution < 1.29 is 9.84 Å². The molecule has 1 aliphatic rings. The number of benzene rings is 1. The molecule has 0 amide bonds. The predicted octanol–water partition coefficient (Wildman–Crippen LogP) is 2.92. The van der Waals surface area contributed by atoms with E-state index < -0.39 is 0 Å². The maximum atomic E-state index is 9.90. The van der Waals surface area contributed by atoms with Gasteiger partial charge in [0.15, 0.2) is 0 Å². The highest BCUT2D eigenvalue weighted by molar-refractivity contribution is 5.79. The van der Waals surface area contributed by atoms with E-state index in [2.05, 4.69) is 4.98 Å². The molecule has 3 nitrogen and oxygen atoms in total. The summed E-state index contributed by atoms with van der Waals surface area (Å²) in [7, 11) is 0. The van der Waals surface area contributed by atoms with E-state index in [1.54, 1.807) is 6.20 Å². The van der Waals surface area contributed by atoms with Gasteiger partial charge in [-0.15, -0.1) is 0 Å². The van der Waals surface area contributed by atoms with Crippen molar-refractivity contribution >= 4 is 10.9 Å². The van der Waals surface area contributed by atoms with Crippen molar-refractivity contribution in [3.05, 3.63) is 36.5 Å². The molecule has 1 aromatic heterocycles. The summed E-state index contributed by atoms with van der Waals surface area (Å²) >= 11 is 0. The lowest BCUT2D eigenvalue weighted by molar-refractivity contribution is 0.00678. The van der Waals surface area contributed by atoms with Crippen molar-refractivity contribution in [1.82, 2.24) is 4.98 Å². The Morgan fingerprint density at radius 1 is 1.17 bits per heavy atom. The maximum Gasteiger partial charge on any atom is 0.138 e. The van der Waals surface area contributed by atoms with Gasteiger partial charge in [-0.2, -0.15) is 0 Å². The number of pyridine rings is 1. The van der Waals surface area contributed by atoms with E-state index in [0.717, 1.165) is 42.3 Å². The largest absolute Gasteiger partial charge is 0.486 e. The molecule has 0 radical (unpaired) electrons. The Kier molecular flexibility index (Phi) is 3.15. The molecule has 0 bridgehead atoms. The Morgan fingerprint density at radius 2 is 2.00 bits per heavy atom. The standard InChI is InChI=1S/C15H17NO2/c17-14-7-3-4-8-15(14)18-12-9-11-5-1-2-6-13(11)16-10-12/h1-2,5-6,9-10,14-15,17H,3-4,7-8H2/t14-,15-/m1/s1. The van der Waals surface area contributed by atoms with Crippen molar-refractivity contribution in [3.8, 4) is 5.75 Å². The van der Waals surface area contributed by atoms with Gasteiger partial charge in [-0.25, -0.2) is 0 Å². The van der Waals surface area contributed by atoms with Gasteiger partial charge in [0.25, 0.3) is 0 Å². The molecule has 0 unspecified atom stereocenters. The minimum Gasteiger partial charge on any atom is -0.486 e. The molecule has 1 aliphatic carbocycles. The first-order valence-electron chi connectivity index (χ1n) is 6.52. The number of aliphatic hydroxyl groups is 1. The fourth-order valence-electron chi connectivity index (χ4n) is 2.50. The predicted molar refractivity (Wildman–Crippen MR) is 70.6 cm³/mol. The topological polar surface area (TPSA) is 42.4 Å². The summed E-state index contributed by atoms with van der Waals surface area (Å²) in [6.45, 7) is 0. The van der Waals surface area contributed by atoms with Gasteiger partial charge in [-0.3, -0.25) is 4.98 Å². The highest BCUT2D eigenvalue weighted by atomic mass is 16.5. The van der Waals surface area contributed by atoms with Gasteiger partial charge < -0.3 is 9.84 Å². The van der Waals surface area contributed by atoms with Gasteiger partial charge in [0.05, 0.1) is 17.8 Å². The first kappa shape index (κ1) is 11.5. The highest BCUT2D eigenvalue weighted by Gasteiger charge is 2.24. The third-order valence-corrected chi connectivity index (χ3v) is 3.52. The minimum atomic E-state index is -0.342. The zero-order valence-electron chi connectivity index (χ0n) is 10.2. The number of aliphatic hydroxyl groups excluding tert-OH is 1. The molecule has 1 aromatic carbocycles. The fraction of sp³-hybridized carbons (Fsp3) is 0.400. The van der Waals surface area contributed by atoms with Crippen LogP contribution in [0.1, 0.15) is 25.7 Å². The monoisotopic (exact) mass is 243 g/mol. The van der Waals surface area contributed by atoms with Gasteiger partial charge in [0.1, 0.15) is 11.9 Å². The number of ether oxygens (including phenoxy) is 1. The van der Waals surface area contributed by atoms with Crippen LogP contribution in [0.2, 0.25) is 0 Å². The lowest BCUT2D eigenvalue weighted by Gasteiger charge is -2.28. The minimum absolute atomic E-state index is 0.0817. The van der Waals surface area contributed by atoms with E-state index in [1.165, 1.54) is 0 Å². The van der Waals surface area contributed by atoms with Crippen LogP contribution in [0.5, 0.6) is 5.75 Å². The number of nitrogens with zero attached hydrogens (tertiary/aromatic N) is 1.